The van der Waals surface area contributed by atoms with E-state index in [9.17, 15) is 0 Å². The monoisotopic (exact) mass is 428 g/mol. The third kappa shape index (κ3) is 3.98. The summed E-state index contributed by atoms with van der Waals surface area (Å²) in [7, 11) is 1.84. The Kier molecular flexibility index (Phi) is 6.19. The molecule has 0 unspecified atom stereocenters. The molecule has 1 aliphatic heterocycles. The van der Waals surface area contributed by atoms with Crippen LogP contribution >= 0.6 is 35.3 Å². The minimum Gasteiger partial charge on any atom is -0.350 e. The Morgan fingerprint density at radius 3 is 2.82 bits per heavy atom. The second-order valence-electron chi connectivity index (χ2n) is 5.21. The molecule has 1 aromatic carbocycles. The van der Waals surface area contributed by atoms with Crippen molar-refractivity contribution in [1.29, 1.82) is 0 Å². The number of aliphatic imine (C=N–C) groups is 1. The number of guanidine groups is 1. The highest BCUT2D eigenvalue weighted by molar-refractivity contribution is 14.0. The summed E-state index contributed by atoms with van der Waals surface area (Å²) in [6.07, 6.45) is 2.99. The Bertz CT molecular complexity index is 653. The molecule has 4 nitrogen and oxygen atoms in total. The average Bonchev–Trinajstić information content (AvgIpc) is 2.93. The number of thiazole rings is 1. The van der Waals surface area contributed by atoms with Gasteiger partial charge >= 0.3 is 0 Å². The van der Waals surface area contributed by atoms with E-state index in [2.05, 4.69) is 51.4 Å². The van der Waals surface area contributed by atoms with Gasteiger partial charge in [-0.3, -0.25) is 4.99 Å². The molecule has 3 rings (SSSR count). The maximum Gasteiger partial charge on any atom is 0.194 e. The summed E-state index contributed by atoms with van der Waals surface area (Å²) >= 11 is 1.73. The highest BCUT2D eigenvalue weighted by Crippen LogP contribution is 2.18. The molecule has 0 saturated carbocycles. The molecule has 0 saturated heterocycles. The highest BCUT2D eigenvalue weighted by Gasteiger charge is 2.18. The molecule has 0 amide bonds. The van der Waals surface area contributed by atoms with E-state index in [-0.39, 0.29) is 24.0 Å². The van der Waals surface area contributed by atoms with E-state index < -0.39 is 0 Å². The Hall–Kier alpha value is -1.15. The van der Waals surface area contributed by atoms with E-state index in [1.165, 1.54) is 16.0 Å². The van der Waals surface area contributed by atoms with Gasteiger partial charge in [0.2, 0.25) is 0 Å². The van der Waals surface area contributed by atoms with Crippen LogP contribution in [0.1, 0.15) is 21.0 Å². The molecule has 1 aromatic heterocycles. The number of nitrogens with one attached hydrogen (secondary N) is 1. The van der Waals surface area contributed by atoms with Gasteiger partial charge in [0.05, 0.1) is 6.54 Å². The first kappa shape index (κ1) is 17.2. The van der Waals surface area contributed by atoms with Gasteiger partial charge in [-0.25, -0.2) is 4.98 Å². The fourth-order valence-electron chi connectivity index (χ4n) is 2.65. The molecule has 0 fully saturated rings. The lowest BCUT2D eigenvalue weighted by Gasteiger charge is -2.31. The van der Waals surface area contributed by atoms with Gasteiger partial charge in [0.25, 0.3) is 0 Å². The van der Waals surface area contributed by atoms with Gasteiger partial charge < -0.3 is 10.2 Å². The van der Waals surface area contributed by atoms with Crippen LogP contribution in [0.25, 0.3) is 0 Å². The summed E-state index contributed by atoms with van der Waals surface area (Å²) in [6, 6.07) is 8.66. The van der Waals surface area contributed by atoms with Crippen LogP contribution in [0.2, 0.25) is 0 Å². The summed E-state index contributed by atoms with van der Waals surface area (Å²) in [5, 5.41) is 4.53. The fourth-order valence-corrected chi connectivity index (χ4v) is 3.37. The molecule has 0 radical (unpaired) electrons. The van der Waals surface area contributed by atoms with Crippen molar-refractivity contribution in [3.05, 3.63) is 51.5 Å². The van der Waals surface area contributed by atoms with Gasteiger partial charge in [0, 0.05) is 31.2 Å². The van der Waals surface area contributed by atoms with Crippen LogP contribution in [0.5, 0.6) is 0 Å². The molecular formula is C16H21IN4S. The first-order chi connectivity index (χ1) is 10.3. The van der Waals surface area contributed by atoms with Gasteiger partial charge in [0.15, 0.2) is 5.96 Å². The van der Waals surface area contributed by atoms with Crippen molar-refractivity contribution in [2.45, 2.75) is 26.4 Å². The second-order valence-corrected chi connectivity index (χ2v) is 6.53. The zero-order valence-corrected chi connectivity index (χ0v) is 16.0. The standard InChI is InChI=1S/C16H20N4S.HI/c1-12-9-18-15(21-12)10-19-16(17-2)20-8-7-13-5-3-4-6-14(13)11-20;/h3-6,9H,7-8,10-11H2,1-2H3,(H,17,19);1H. The number of halogens is 1. The zero-order valence-electron chi connectivity index (χ0n) is 12.9. The van der Waals surface area contributed by atoms with Gasteiger partial charge in [-0.1, -0.05) is 24.3 Å². The minimum absolute atomic E-state index is 0. The lowest BCUT2D eigenvalue weighted by Crippen LogP contribution is -2.43. The molecule has 1 aliphatic rings. The van der Waals surface area contributed by atoms with Crippen LogP contribution in [0.3, 0.4) is 0 Å². The summed E-state index contributed by atoms with van der Waals surface area (Å²) in [5.74, 6) is 0.956. The SMILES string of the molecule is CN=C(NCc1ncc(C)s1)N1CCc2ccccc2C1.I. The van der Waals surface area contributed by atoms with Crippen LogP contribution in [0.4, 0.5) is 0 Å². The van der Waals surface area contributed by atoms with Crippen LogP contribution in [0.15, 0.2) is 35.5 Å². The normalized spacial score (nSPS) is 14.3. The molecule has 2 heterocycles. The summed E-state index contributed by atoms with van der Waals surface area (Å²) < 4.78 is 0. The van der Waals surface area contributed by atoms with Crippen molar-refractivity contribution in [2.24, 2.45) is 4.99 Å². The second kappa shape index (κ2) is 7.92. The van der Waals surface area contributed by atoms with Crippen LogP contribution in [-0.2, 0) is 19.5 Å². The number of nitrogens with zero attached hydrogens (tertiary/aromatic N) is 3. The van der Waals surface area contributed by atoms with Crippen molar-refractivity contribution in [3.63, 3.8) is 0 Å². The van der Waals surface area contributed by atoms with E-state index in [1.807, 2.05) is 13.2 Å². The fraction of sp³-hybridized carbons (Fsp3) is 0.375. The Balaban J connectivity index is 0.00000176. The Morgan fingerprint density at radius 2 is 2.14 bits per heavy atom. The van der Waals surface area contributed by atoms with Crippen molar-refractivity contribution in [3.8, 4) is 0 Å². The summed E-state index contributed by atoms with van der Waals surface area (Å²) in [4.78, 5) is 12.4. The minimum atomic E-state index is 0. The number of benzene rings is 1. The predicted octanol–water partition coefficient (Wildman–Crippen LogP) is 3.20. The van der Waals surface area contributed by atoms with Gasteiger partial charge in [-0.2, -0.15) is 0 Å². The topological polar surface area (TPSA) is 40.5 Å². The quantitative estimate of drug-likeness (QED) is 0.454. The Labute approximate surface area is 152 Å². The largest absolute Gasteiger partial charge is 0.350 e. The summed E-state index contributed by atoms with van der Waals surface area (Å²) in [6.45, 7) is 4.75. The molecule has 0 aliphatic carbocycles. The predicted molar refractivity (Wildman–Crippen MR) is 103 cm³/mol. The number of rotatable bonds is 2. The molecule has 1 N–H and O–H groups in total. The van der Waals surface area contributed by atoms with Gasteiger partial charge in [-0.05, 0) is 24.5 Å². The van der Waals surface area contributed by atoms with E-state index in [0.29, 0.717) is 0 Å². The van der Waals surface area contributed by atoms with Crippen molar-refractivity contribution >= 4 is 41.3 Å². The van der Waals surface area contributed by atoms with Crippen LogP contribution in [-0.4, -0.2) is 29.4 Å². The number of hydrogen-bond donors (Lipinski definition) is 1. The summed E-state index contributed by atoms with van der Waals surface area (Å²) in [5.41, 5.74) is 2.86. The first-order valence-electron chi connectivity index (χ1n) is 7.20. The molecule has 0 spiro atoms. The smallest absolute Gasteiger partial charge is 0.194 e. The lowest BCUT2D eigenvalue weighted by molar-refractivity contribution is 0.378. The van der Waals surface area contributed by atoms with Crippen molar-refractivity contribution in [1.82, 2.24) is 15.2 Å². The van der Waals surface area contributed by atoms with Gasteiger partial charge in [0.1, 0.15) is 5.01 Å². The average molecular weight is 428 g/mol. The Morgan fingerprint density at radius 1 is 1.36 bits per heavy atom. The van der Waals surface area contributed by atoms with Crippen LogP contribution < -0.4 is 5.32 Å². The third-order valence-corrected chi connectivity index (χ3v) is 4.62. The zero-order chi connectivity index (χ0) is 14.7. The molecule has 118 valence electrons. The van der Waals surface area contributed by atoms with E-state index in [0.717, 1.165) is 37.0 Å². The molecule has 22 heavy (non-hydrogen) atoms. The molecular weight excluding hydrogens is 407 g/mol. The first-order valence-corrected chi connectivity index (χ1v) is 8.01. The maximum absolute atomic E-state index is 4.41. The third-order valence-electron chi connectivity index (χ3n) is 3.71. The lowest BCUT2D eigenvalue weighted by atomic mass is 10.0. The highest BCUT2D eigenvalue weighted by atomic mass is 127. The number of aromatic nitrogens is 1. The van der Waals surface area contributed by atoms with E-state index in [1.54, 1.807) is 11.3 Å². The van der Waals surface area contributed by atoms with Crippen molar-refractivity contribution < 1.29 is 0 Å². The maximum atomic E-state index is 4.41. The van der Waals surface area contributed by atoms with E-state index >= 15 is 0 Å². The number of aryl methyl sites for hydroxylation is 1. The van der Waals surface area contributed by atoms with Crippen LogP contribution in [0, 0.1) is 6.92 Å². The molecule has 2 aromatic rings. The number of hydrogen-bond acceptors (Lipinski definition) is 3. The molecule has 6 heteroatoms. The van der Waals surface area contributed by atoms with Gasteiger partial charge in [-0.15, -0.1) is 35.3 Å². The number of fused-ring (bicyclic) bond motifs is 1. The molecule has 0 atom stereocenters. The molecule has 0 bridgehead atoms. The van der Waals surface area contributed by atoms with E-state index in [4.69, 9.17) is 0 Å². The van der Waals surface area contributed by atoms with Crippen molar-refractivity contribution in [2.75, 3.05) is 13.6 Å².